The molecule has 34 heavy (non-hydrogen) atoms. The van der Waals surface area contributed by atoms with Crippen LogP contribution in [0.5, 0.6) is 0 Å². The van der Waals surface area contributed by atoms with Gasteiger partial charge in [0, 0.05) is 16.2 Å². The molecule has 0 spiro atoms. The SMILES string of the molecule is CCCCSC1=C(SCCCC)SC(=c2oc(=O)c3ccc4c5c(ccc2c53)C(=O)OC4=O)S1. The molecule has 0 fully saturated rings. The summed E-state index contributed by atoms with van der Waals surface area (Å²) < 4.78 is 14.2. The summed E-state index contributed by atoms with van der Waals surface area (Å²) in [6.45, 7) is 4.38. The molecule has 0 radical (unpaired) electrons. The summed E-state index contributed by atoms with van der Waals surface area (Å²) in [4.78, 5) is 37.8. The molecule has 3 aromatic rings. The molecular weight excluding hydrogens is 509 g/mol. The number of cyclic esters (lactones) is 2. The van der Waals surface area contributed by atoms with Crippen LogP contribution in [0.1, 0.15) is 60.2 Å². The van der Waals surface area contributed by atoms with Crippen LogP contribution >= 0.6 is 47.0 Å². The quantitative estimate of drug-likeness (QED) is 0.179. The lowest BCUT2D eigenvalue weighted by Gasteiger charge is -2.17. The van der Waals surface area contributed by atoms with Crippen LogP contribution in [-0.2, 0) is 4.74 Å². The van der Waals surface area contributed by atoms with Crippen molar-refractivity contribution in [1.29, 1.82) is 0 Å². The van der Waals surface area contributed by atoms with Gasteiger partial charge >= 0.3 is 17.6 Å². The van der Waals surface area contributed by atoms with Crippen molar-refractivity contribution in [2.45, 2.75) is 39.5 Å². The highest BCUT2D eigenvalue weighted by Crippen LogP contribution is 2.58. The highest BCUT2D eigenvalue weighted by Gasteiger charge is 2.31. The van der Waals surface area contributed by atoms with Crippen molar-refractivity contribution in [2.24, 2.45) is 0 Å². The van der Waals surface area contributed by atoms with E-state index in [1.807, 2.05) is 23.5 Å². The number of carbonyl (C=O) groups is 2. The summed E-state index contributed by atoms with van der Waals surface area (Å²) in [5, 5.41) is 2.15. The molecule has 0 saturated heterocycles. The first-order chi connectivity index (χ1) is 16.5. The van der Waals surface area contributed by atoms with Crippen LogP contribution < -0.4 is 11.0 Å². The summed E-state index contributed by atoms with van der Waals surface area (Å²) in [6.07, 6.45) is 4.59. The third-order valence-corrected chi connectivity index (χ3v) is 11.3. The van der Waals surface area contributed by atoms with Crippen LogP contribution in [-0.4, -0.2) is 23.4 Å². The summed E-state index contributed by atoms with van der Waals surface area (Å²) in [6, 6.07) is 6.57. The van der Waals surface area contributed by atoms with Gasteiger partial charge in [-0.2, -0.15) is 0 Å². The molecule has 2 aromatic carbocycles. The predicted octanol–water partition coefficient (Wildman–Crippen LogP) is 6.71. The van der Waals surface area contributed by atoms with Gasteiger partial charge in [-0.3, -0.25) is 0 Å². The van der Waals surface area contributed by atoms with Crippen molar-refractivity contribution in [1.82, 2.24) is 0 Å². The number of esters is 2. The van der Waals surface area contributed by atoms with Crippen molar-refractivity contribution in [2.75, 3.05) is 11.5 Å². The second kappa shape index (κ2) is 10.0. The van der Waals surface area contributed by atoms with Crippen LogP contribution in [0.15, 0.2) is 42.0 Å². The summed E-state index contributed by atoms with van der Waals surface area (Å²) in [7, 11) is 0. The van der Waals surface area contributed by atoms with Crippen molar-refractivity contribution in [3.05, 3.63) is 59.7 Å². The first-order valence-corrected chi connectivity index (χ1v) is 14.8. The van der Waals surface area contributed by atoms with Crippen molar-refractivity contribution in [3.8, 4) is 0 Å². The maximum Gasteiger partial charge on any atom is 0.346 e. The standard InChI is InChI=1S/C25H22O5S4/c1-3-5-11-31-24-25(32-12-6-4-2)34-23(33-24)19-13-7-8-15-18-16(22(28)30-21(15)27)10-9-14(17(13)18)20(26)29-19/h7-10H,3-6,11-12H2,1-2H3. The molecule has 0 bridgehead atoms. The Morgan fingerprint density at radius 1 is 0.765 bits per heavy atom. The zero-order valence-corrected chi connectivity index (χ0v) is 22.0. The van der Waals surface area contributed by atoms with Gasteiger partial charge in [0.2, 0.25) is 0 Å². The van der Waals surface area contributed by atoms with E-state index in [2.05, 4.69) is 13.8 Å². The number of thioether (sulfide) groups is 4. The number of unbranched alkanes of at least 4 members (excludes halogenated alkanes) is 2. The number of benzene rings is 2. The molecular formula is C25H22O5S4. The van der Waals surface area contributed by atoms with Gasteiger partial charge < -0.3 is 9.15 Å². The lowest BCUT2D eigenvalue weighted by atomic mass is 9.93. The molecule has 0 atom stereocenters. The van der Waals surface area contributed by atoms with E-state index in [0.29, 0.717) is 32.7 Å². The van der Waals surface area contributed by atoms with Crippen molar-refractivity contribution >= 4 is 84.8 Å². The maximum atomic E-state index is 13.0. The van der Waals surface area contributed by atoms with E-state index in [0.717, 1.165) is 46.8 Å². The second-order valence-electron chi connectivity index (χ2n) is 7.94. The van der Waals surface area contributed by atoms with Crippen LogP contribution in [0.4, 0.5) is 0 Å². The van der Waals surface area contributed by atoms with Crippen LogP contribution in [0.3, 0.4) is 0 Å². The van der Waals surface area contributed by atoms with E-state index >= 15 is 0 Å². The van der Waals surface area contributed by atoms with Crippen LogP contribution in [0.2, 0.25) is 0 Å². The Morgan fingerprint density at radius 2 is 1.32 bits per heavy atom. The Hall–Kier alpha value is -1.81. The minimum absolute atomic E-state index is 0.297. The molecule has 3 heterocycles. The van der Waals surface area contributed by atoms with Gasteiger partial charge in [0.05, 0.1) is 29.2 Å². The van der Waals surface area contributed by atoms with E-state index in [1.165, 1.54) is 14.5 Å². The Morgan fingerprint density at radius 3 is 1.88 bits per heavy atom. The fourth-order valence-corrected chi connectivity index (χ4v) is 10.0. The summed E-state index contributed by atoms with van der Waals surface area (Å²) >= 11 is 7.02. The smallest absolute Gasteiger partial charge is 0.346 e. The lowest BCUT2D eigenvalue weighted by Crippen LogP contribution is -2.22. The number of rotatable bonds is 8. The van der Waals surface area contributed by atoms with Crippen molar-refractivity contribution in [3.63, 3.8) is 0 Å². The van der Waals surface area contributed by atoms with E-state index in [1.54, 1.807) is 41.7 Å². The molecule has 2 aliphatic heterocycles. The first kappa shape index (κ1) is 23.9. The first-order valence-electron chi connectivity index (χ1n) is 11.2. The predicted molar refractivity (Wildman–Crippen MR) is 145 cm³/mol. The van der Waals surface area contributed by atoms with E-state index < -0.39 is 17.6 Å². The Bertz CT molecular complexity index is 1430. The zero-order valence-electron chi connectivity index (χ0n) is 18.7. The van der Waals surface area contributed by atoms with Gasteiger partial charge in [-0.05, 0) is 48.6 Å². The van der Waals surface area contributed by atoms with Crippen LogP contribution in [0, 0.1) is 0 Å². The monoisotopic (exact) mass is 530 g/mol. The average Bonchev–Trinajstić information content (AvgIpc) is 3.23. The summed E-state index contributed by atoms with van der Waals surface area (Å²) in [5.74, 6) is 0.721. The fraction of sp³-hybridized carbons (Fsp3) is 0.320. The Kier molecular flexibility index (Phi) is 7.07. The third-order valence-electron chi connectivity index (χ3n) is 5.63. The number of hydrogen-bond donors (Lipinski definition) is 0. The number of ether oxygens (including phenoxy) is 1. The molecule has 5 rings (SSSR count). The lowest BCUT2D eigenvalue weighted by molar-refractivity contribution is 0.0391. The van der Waals surface area contributed by atoms with Crippen LogP contribution in [0.25, 0.3) is 25.8 Å². The minimum atomic E-state index is -0.690. The largest absolute Gasteiger partial charge is 0.420 e. The molecule has 1 aromatic heterocycles. The normalized spacial score (nSPS) is 15.8. The highest BCUT2D eigenvalue weighted by atomic mass is 32.3. The molecule has 9 heteroatoms. The van der Waals surface area contributed by atoms with Gasteiger partial charge in [0.15, 0.2) is 5.42 Å². The summed E-state index contributed by atoms with van der Waals surface area (Å²) in [5.41, 5.74) is 0.622. The zero-order chi connectivity index (χ0) is 23.8. The topological polar surface area (TPSA) is 73.6 Å². The van der Waals surface area contributed by atoms with Gasteiger partial charge in [0.25, 0.3) is 0 Å². The second-order valence-corrected chi connectivity index (χ2v) is 13.0. The minimum Gasteiger partial charge on any atom is -0.420 e. The van der Waals surface area contributed by atoms with Gasteiger partial charge in [-0.25, -0.2) is 14.4 Å². The van der Waals surface area contributed by atoms with E-state index in [4.69, 9.17) is 9.15 Å². The number of hydrogen-bond acceptors (Lipinski definition) is 9. The fourth-order valence-electron chi connectivity index (χ4n) is 3.90. The molecule has 0 amide bonds. The molecule has 0 saturated carbocycles. The average molecular weight is 531 g/mol. The molecule has 5 nitrogen and oxygen atoms in total. The third kappa shape index (κ3) is 4.21. The molecule has 0 aliphatic carbocycles. The van der Waals surface area contributed by atoms with Gasteiger partial charge in [-0.1, -0.05) is 50.2 Å². The molecule has 0 N–H and O–H groups in total. The molecule has 176 valence electrons. The van der Waals surface area contributed by atoms with E-state index in [-0.39, 0.29) is 0 Å². The van der Waals surface area contributed by atoms with Crippen molar-refractivity contribution < 1.29 is 18.7 Å². The van der Waals surface area contributed by atoms with Gasteiger partial charge in [0.1, 0.15) is 0 Å². The highest BCUT2D eigenvalue weighted by molar-refractivity contribution is 8.45. The number of carbonyl (C=O) groups excluding carboxylic acids is 2. The Labute approximate surface area is 213 Å². The molecule has 0 unspecified atom stereocenters. The molecule has 2 aliphatic rings. The maximum absolute atomic E-state index is 13.0. The Balaban J connectivity index is 1.68. The van der Waals surface area contributed by atoms with E-state index in [9.17, 15) is 14.4 Å². The van der Waals surface area contributed by atoms with Gasteiger partial charge in [-0.15, -0.1) is 23.5 Å².